The summed E-state index contributed by atoms with van der Waals surface area (Å²) >= 11 is 1.70. The van der Waals surface area contributed by atoms with Gasteiger partial charge in [-0.25, -0.2) is 0 Å². The van der Waals surface area contributed by atoms with Gasteiger partial charge in [0.15, 0.2) is 0 Å². The van der Waals surface area contributed by atoms with Gasteiger partial charge >= 0.3 is 0 Å². The number of carbonyl (C=O) groups excluding carboxylic acids is 3. The number of rotatable bonds is 6. The summed E-state index contributed by atoms with van der Waals surface area (Å²) in [4.78, 5) is 41.8. The Hall–Kier alpha value is -2.64. The maximum absolute atomic E-state index is 13.6. The van der Waals surface area contributed by atoms with E-state index >= 15 is 0 Å². The van der Waals surface area contributed by atoms with Gasteiger partial charge in [0.05, 0.1) is 11.8 Å². The highest BCUT2D eigenvalue weighted by atomic mass is 32.2. The Morgan fingerprint density at radius 2 is 1.74 bits per heavy atom. The lowest BCUT2D eigenvalue weighted by Gasteiger charge is -2.29. The van der Waals surface area contributed by atoms with E-state index in [1.165, 1.54) is 4.90 Å². The Labute approximate surface area is 185 Å². The predicted octanol–water partition coefficient (Wildman–Crippen LogP) is 2.40. The van der Waals surface area contributed by atoms with E-state index in [9.17, 15) is 14.4 Å². The van der Waals surface area contributed by atoms with Gasteiger partial charge in [-0.2, -0.15) is 11.8 Å². The van der Waals surface area contributed by atoms with Crippen molar-refractivity contribution in [2.24, 2.45) is 11.8 Å². The number of anilines is 1. The number of benzene rings is 2. The maximum Gasteiger partial charge on any atom is 0.250 e. The molecule has 1 spiro atoms. The molecule has 0 bridgehead atoms. The second-order valence-electron chi connectivity index (χ2n) is 8.41. The first-order chi connectivity index (χ1) is 15.1. The average Bonchev–Trinajstić information content (AvgIpc) is 3.36. The van der Waals surface area contributed by atoms with Crippen molar-refractivity contribution in [2.75, 3.05) is 23.9 Å². The Balaban J connectivity index is 1.51. The van der Waals surface area contributed by atoms with Gasteiger partial charge in [-0.15, -0.1) is 0 Å². The van der Waals surface area contributed by atoms with Gasteiger partial charge in [0.2, 0.25) is 17.7 Å². The second kappa shape index (κ2) is 7.80. The molecule has 0 unspecified atom stereocenters. The molecule has 5 rings (SSSR count). The zero-order valence-electron chi connectivity index (χ0n) is 17.3. The van der Waals surface area contributed by atoms with E-state index in [4.69, 9.17) is 0 Å². The molecule has 6 nitrogen and oxygen atoms in total. The van der Waals surface area contributed by atoms with E-state index in [2.05, 4.69) is 10.6 Å². The Bertz CT molecular complexity index is 1040. The largest absolute Gasteiger partial charge is 0.324 e. The summed E-state index contributed by atoms with van der Waals surface area (Å²) < 4.78 is 0. The van der Waals surface area contributed by atoms with Crippen molar-refractivity contribution in [3.05, 3.63) is 65.7 Å². The standard InChI is InChI=1S/C24H25N3O3S/c1-31-14-12-18-19-20(24(26-18)16-9-5-6-10-17(16)25-23(24)30)22(29)27(21(19)28)13-11-15-7-3-2-4-8-15/h2-10,18-20,26H,11-14H2,1H3,(H,25,30)/t18-,19-,20+,24-/m1/s1. The smallest absolute Gasteiger partial charge is 0.250 e. The van der Waals surface area contributed by atoms with Gasteiger partial charge in [-0.05, 0) is 36.5 Å². The number of likely N-dealkylation sites (tertiary alicyclic amines) is 1. The van der Waals surface area contributed by atoms with Crippen LogP contribution < -0.4 is 10.6 Å². The molecule has 2 saturated heterocycles. The van der Waals surface area contributed by atoms with Crippen molar-refractivity contribution in [1.29, 1.82) is 0 Å². The summed E-state index contributed by atoms with van der Waals surface area (Å²) in [6.07, 6.45) is 3.36. The third kappa shape index (κ3) is 3.02. The number of nitrogens with zero attached hydrogens (tertiary/aromatic N) is 1. The van der Waals surface area contributed by atoms with Gasteiger partial charge in [0.25, 0.3) is 0 Å². The number of thioether (sulfide) groups is 1. The summed E-state index contributed by atoms with van der Waals surface area (Å²) in [7, 11) is 0. The molecule has 0 radical (unpaired) electrons. The normalized spacial score (nSPS) is 28.9. The van der Waals surface area contributed by atoms with Crippen LogP contribution >= 0.6 is 11.8 Å². The van der Waals surface area contributed by atoms with E-state index < -0.39 is 17.4 Å². The molecule has 31 heavy (non-hydrogen) atoms. The maximum atomic E-state index is 13.6. The van der Waals surface area contributed by atoms with Crippen molar-refractivity contribution >= 4 is 35.2 Å². The van der Waals surface area contributed by atoms with Crippen LogP contribution in [-0.2, 0) is 26.3 Å². The van der Waals surface area contributed by atoms with Crippen molar-refractivity contribution in [2.45, 2.75) is 24.4 Å². The quantitative estimate of drug-likeness (QED) is 0.682. The lowest BCUT2D eigenvalue weighted by Crippen LogP contribution is -2.53. The molecule has 0 aliphatic carbocycles. The fourth-order valence-electron chi connectivity index (χ4n) is 5.42. The number of imide groups is 1. The minimum atomic E-state index is -1.18. The van der Waals surface area contributed by atoms with Crippen LogP contribution in [0.3, 0.4) is 0 Å². The van der Waals surface area contributed by atoms with Gasteiger partial charge in [0.1, 0.15) is 5.54 Å². The highest BCUT2D eigenvalue weighted by Crippen LogP contribution is 2.53. The van der Waals surface area contributed by atoms with Crippen molar-refractivity contribution < 1.29 is 14.4 Å². The summed E-state index contributed by atoms with van der Waals surface area (Å²) in [5.74, 6) is -1.01. The predicted molar refractivity (Wildman–Crippen MR) is 121 cm³/mol. The molecular formula is C24H25N3O3S. The van der Waals surface area contributed by atoms with E-state index in [0.29, 0.717) is 18.7 Å². The van der Waals surface area contributed by atoms with E-state index in [1.54, 1.807) is 11.8 Å². The monoisotopic (exact) mass is 435 g/mol. The van der Waals surface area contributed by atoms with Gasteiger partial charge < -0.3 is 5.32 Å². The molecule has 3 heterocycles. The minimum absolute atomic E-state index is 0.154. The Morgan fingerprint density at radius 1 is 1.00 bits per heavy atom. The molecule has 160 valence electrons. The van der Waals surface area contributed by atoms with Crippen molar-refractivity contribution in [3.8, 4) is 0 Å². The molecule has 3 amide bonds. The molecule has 2 N–H and O–H groups in total. The Morgan fingerprint density at radius 3 is 2.52 bits per heavy atom. The van der Waals surface area contributed by atoms with E-state index in [-0.39, 0.29) is 23.8 Å². The lowest BCUT2D eigenvalue weighted by atomic mass is 9.76. The molecule has 2 aromatic carbocycles. The number of carbonyl (C=O) groups is 3. The lowest BCUT2D eigenvalue weighted by molar-refractivity contribution is -0.142. The zero-order valence-corrected chi connectivity index (χ0v) is 18.2. The molecule has 0 saturated carbocycles. The number of hydrogen-bond acceptors (Lipinski definition) is 5. The highest BCUT2D eigenvalue weighted by Gasteiger charge is 2.70. The summed E-state index contributed by atoms with van der Waals surface area (Å²) in [6.45, 7) is 0.337. The van der Waals surface area contributed by atoms with Gasteiger partial charge in [0, 0.05) is 23.8 Å². The van der Waals surface area contributed by atoms with Gasteiger partial charge in [-0.3, -0.25) is 24.6 Å². The molecule has 0 aromatic heterocycles. The van der Waals surface area contributed by atoms with Crippen LogP contribution in [0.1, 0.15) is 17.5 Å². The first-order valence-electron chi connectivity index (χ1n) is 10.6. The number of fused-ring (bicyclic) bond motifs is 4. The number of hydrogen-bond donors (Lipinski definition) is 2. The van der Waals surface area contributed by atoms with Crippen LogP contribution in [0.2, 0.25) is 0 Å². The molecular weight excluding hydrogens is 410 g/mol. The second-order valence-corrected chi connectivity index (χ2v) is 9.39. The molecule has 3 aliphatic rings. The fraction of sp³-hybridized carbons (Fsp3) is 0.375. The SMILES string of the molecule is CSCC[C@H]1N[C@@]2(C(=O)Nc3ccccc32)[C@@H]2C(=O)N(CCc3ccccc3)C(=O)[C@@H]21. The third-order valence-corrected chi connectivity index (χ3v) is 7.46. The van der Waals surface area contributed by atoms with Crippen molar-refractivity contribution in [3.63, 3.8) is 0 Å². The third-order valence-electron chi connectivity index (χ3n) is 6.81. The zero-order chi connectivity index (χ0) is 21.6. The number of para-hydroxylation sites is 1. The highest BCUT2D eigenvalue weighted by molar-refractivity contribution is 7.98. The van der Waals surface area contributed by atoms with Crippen LogP contribution in [-0.4, -0.2) is 47.2 Å². The first-order valence-corrected chi connectivity index (χ1v) is 12.0. The van der Waals surface area contributed by atoms with Crippen LogP contribution in [0.4, 0.5) is 5.69 Å². The van der Waals surface area contributed by atoms with Crippen LogP contribution in [0, 0.1) is 11.8 Å². The van der Waals surface area contributed by atoms with Crippen LogP contribution in [0.15, 0.2) is 54.6 Å². The summed E-state index contributed by atoms with van der Waals surface area (Å²) in [6, 6.07) is 17.1. The van der Waals surface area contributed by atoms with E-state index in [0.717, 1.165) is 23.3 Å². The minimum Gasteiger partial charge on any atom is -0.324 e. The van der Waals surface area contributed by atoms with Crippen molar-refractivity contribution in [1.82, 2.24) is 10.2 Å². The summed E-state index contributed by atoms with van der Waals surface area (Å²) in [5.41, 5.74) is 1.38. The van der Waals surface area contributed by atoms with Gasteiger partial charge in [-0.1, -0.05) is 48.5 Å². The fourth-order valence-corrected chi connectivity index (χ4v) is 5.91. The first kappa shape index (κ1) is 20.3. The number of amides is 3. The van der Waals surface area contributed by atoms with Crippen LogP contribution in [0.25, 0.3) is 0 Å². The number of nitrogens with one attached hydrogen (secondary N) is 2. The topological polar surface area (TPSA) is 78.5 Å². The molecule has 7 heteroatoms. The Kier molecular flexibility index (Phi) is 5.10. The molecule has 2 aromatic rings. The van der Waals surface area contributed by atoms with E-state index in [1.807, 2.05) is 60.9 Å². The molecule has 2 fully saturated rings. The summed E-state index contributed by atoms with van der Waals surface area (Å²) in [5, 5.41) is 6.41. The van der Waals surface area contributed by atoms with Crippen LogP contribution in [0.5, 0.6) is 0 Å². The molecule has 4 atom stereocenters. The average molecular weight is 436 g/mol. The molecule has 3 aliphatic heterocycles.